The van der Waals surface area contributed by atoms with Crippen molar-refractivity contribution in [2.45, 2.75) is 31.8 Å². The average Bonchev–Trinajstić information content (AvgIpc) is 2.49. The summed E-state index contributed by atoms with van der Waals surface area (Å²) in [6.07, 6.45) is 2.04. The highest BCUT2D eigenvalue weighted by Gasteiger charge is 2.36. The van der Waals surface area contributed by atoms with E-state index in [2.05, 4.69) is 18.9 Å². The van der Waals surface area contributed by atoms with Gasteiger partial charge in [0.1, 0.15) is 6.61 Å². The van der Waals surface area contributed by atoms with Crippen molar-refractivity contribution in [2.75, 3.05) is 26.7 Å². The van der Waals surface area contributed by atoms with Gasteiger partial charge in [0.2, 0.25) is 0 Å². The van der Waals surface area contributed by atoms with E-state index >= 15 is 0 Å². The topological polar surface area (TPSA) is 32.8 Å². The lowest BCUT2D eigenvalue weighted by Gasteiger charge is -2.35. The van der Waals surface area contributed by atoms with Gasteiger partial charge in [-0.3, -0.25) is 4.90 Å². The van der Waals surface area contributed by atoms with Crippen LogP contribution in [0.3, 0.4) is 0 Å². The standard InChI is InChI=1S/C10H18N2O2/c1-8-7-14-10(13)12(8)9-3-5-11(2)6-4-9/h8-9H,3-7H2,1-2H3/t8-/m0/s1. The molecule has 2 rings (SSSR count). The molecule has 2 heterocycles. The molecule has 2 saturated heterocycles. The van der Waals surface area contributed by atoms with Gasteiger partial charge < -0.3 is 9.64 Å². The van der Waals surface area contributed by atoms with Crippen LogP contribution in [0.25, 0.3) is 0 Å². The molecule has 0 saturated carbocycles. The number of carbonyl (C=O) groups excluding carboxylic acids is 1. The van der Waals surface area contributed by atoms with Gasteiger partial charge >= 0.3 is 6.09 Å². The van der Waals surface area contributed by atoms with E-state index in [-0.39, 0.29) is 12.1 Å². The Morgan fingerprint density at radius 3 is 2.50 bits per heavy atom. The van der Waals surface area contributed by atoms with Crippen LogP contribution < -0.4 is 0 Å². The second-order valence-corrected chi connectivity index (χ2v) is 4.37. The fourth-order valence-electron chi connectivity index (χ4n) is 2.31. The Hall–Kier alpha value is -0.770. The van der Waals surface area contributed by atoms with Crippen molar-refractivity contribution in [2.24, 2.45) is 0 Å². The van der Waals surface area contributed by atoms with Crippen LogP contribution in [0.5, 0.6) is 0 Å². The predicted molar refractivity (Wildman–Crippen MR) is 53.2 cm³/mol. The Morgan fingerprint density at radius 2 is 2.00 bits per heavy atom. The minimum absolute atomic E-state index is 0.118. The number of ether oxygens (including phenoxy) is 1. The molecule has 4 heteroatoms. The molecule has 1 atom stereocenters. The van der Waals surface area contributed by atoms with Crippen molar-refractivity contribution in [3.8, 4) is 0 Å². The number of carbonyl (C=O) groups is 1. The summed E-state index contributed by atoms with van der Waals surface area (Å²) >= 11 is 0. The molecule has 14 heavy (non-hydrogen) atoms. The van der Waals surface area contributed by atoms with Crippen LogP contribution in [0.15, 0.2) is 0 Å². The molecular formula is C10H18N2O2. The summed E-state index contributed by atoms with van der Waals surface area (Å²) in [5.41, 5.74) is 0. The molecule has 2 aliphatic rings. The Kier molecular flexibility index (Phi) is 2.63. The molecule has 1 amide bonds. The lowest BCUT2D eigenvalue weighted by atomic mass is 10.0. The zero-order valence-electron chi connectivity index (χ0n) is 8.90. The van der Waals surface area contributed by atoms with Gasteiger partial charge in [0, 0.05) is 6.04 Å². The molecule has 0 aromatic heterocycles. The molecule has 0 unspecified atom stereocenters. The van der Waals surface area contributed by atoms with Crippen LogP contribution in [0, 0.1) is 0 Å². The van der Waals surface area contributed by atoms with E-state index in [1.54, 1.807) is 0 Å². The molecule has 0 aromatic carbocycles. The minimum atomic E-state index is -0.118. The molecule has 80 valence electrons. The Morgan fingerprint density at radius 1 is 1.36 bits per heavy atom. The van der Waals surface area contributed by atoms with Crippen molar-refractivity contribution in [1.29, 1.82) is 0 Å². The number of hydrogen-bond donors (Lipinski definition) is 0. The molecule has 0 radical (unpaired) electrons. The summed E-state index contributed by atoms with van der Waals surface area (Å²) < 4.78 is 5.03. The first kappa shape index (κ1) is 9.77. The number of nitrogens with zero attached hydrogens (tertiary/aromatic N) is 2. The second-order valence-electron chi connectivity index (χ2n) is 4.37. The minimum Gasteiger partial charge on any atom is -0.447 e. The fourth-order valence-corrected chi connectivity index (χ4v) is 2.31. The molecule has 0 N–H and O–H groups in total. The van der Waals surface area contributed by atoms with Crippen LogP contribution in [-0.4, -0.2) is 54.7 Å². The highest BCUT2D eigenvalue weighted by molar-refractivity contribution is 5.70. The number of rotatable bonds is 1. The van der Waals surface area contributed by atoms with Crippen molar-refractivity contribution in [3.05, 3.63) is 0 Å². The van der Waals surface area contributed by atoms with E-state index in [4.69, 9.17) is 4.74 Å². The van der Waals surface area contributed by atoms with E-state index in [1.165, 1.54) is 0 Å². The number of piperidine rings is 1. The largest absolute Gasteiger partial charge is 0.447 e. The van der Waals surface area contributed by atoms with Gasteiger partial charge in [0.25, 0.3) is 0 Å². The highest BCUT2D eigenvalue weighted by Crippen LogP contribution is 2.22. The summed E-state index contributed by atoms with van der Waals surface area (Å²) in [5, 5.41) is 0. The smallest absolute Gasteiger partial charge is 0.410 e. The maximum Gasteiger partial charge on any atom is 0.410 e. The fraction of sp³-hybridized carbons (Fsp3) is 0.900. The third-order valence-electron chi connectivity index (χ3n) is 3.22. The van der Waals surface area contributed by atoms with Gasteiger partial charge in [-0.05, 0) is 39.9 Å². The molecule has 2 aliphatic heterocycles. The van der Waals surface area contributed by atoms with Crippen LogP contribution in [0.4, 0.5) is 4.79 Å². The number of amides is 1. The first-order valence-corrected chi connectivity index (χ1v) is 5.32. The zero-order valence-corrected chi connectivity index (χ0v) is 8.90. The third kappa shape index (κ3) is 1.71. The Labute approximate surface area is 84.8 Å². The van der Waals surface area contributed by atoms with Crippen LogP contribution in [0.1, 0.15) is 19.8 Å². The number of likely N-dealkylation sites (tertiary alicyclic amines) is 1. The van der Waals surface area contributed by atoms with E-state index in [1.807, 2.05) is 4.90 Å². The van der Waals surface area contributed by atoms with Crippen molar-refractivity contribution < 1.29 is 9.53 Å². The monoisotopic (exact) mass is 198 g/mol. The third-order valence-corrected chi connectivity index (χ3v) is 3.22. The number of cyclic esters (lactones) is 1. The summed E-state index contributed by atoms with van der Waals surface area (Å²) in [6.45, 7) is 4.79. The van der Waals surface area contributed by atoms with E-state index in [0.29, 0.717) is 12.6 Å². The molecule has 4 nitrogen and oxygen atoms in total. The maximum absolute atomic E-state index is 11.5. The van der Waals surface area contributed by atoms with Crippen molar-refractivity contribution in [3.63, 3.8) is 0 Å². The SMILES string of the molecule is C[C@H]1COC(=O)N1C1CCN(C)CC1. The van der Waals surface area contributed by atoms with Gasteiger partial charge in [-0.15, -0.1) is 0 Å². The van der Waals surface area contributed by atoms with Crippen LogP contribution >= 0.6 is 0 Å². The molecule has 0 aromatic rings. The van der Waals surface area contributed by atoms with Crippen molar-refractivity contribution >= 4 is 6.09 Å². The summed E-state index contributed by atoms with van der Waals surface area (Å²) in [4.78, 5) is 15.7. The molecule has 2 fully saturated rings. The number of hydrogen-bond acceptors (Lipinski definition) is 3. The zero-order chi connectivity index (χ0) is 10.1. The first-order chi connectivity index (χ1) is 6.68. The normalized spacial score (nSPS) is 30.9. The summed E-state index contributed by atoms with van der Waals surface area (Å²) in [6, 6.07) is 0.659. The lowest BCUT2D eigenvalue weighted by Crippen LogP contribution is -2.46. The Bertz CT molecular complexity index is 224. The quantitative estimate of drug-likeness (QED) is 0.628. The van der Waals surface area contributed by atoms with Gasteiger partial charge in [-0.25, -0.2) is 4.79 Å². The van der Waals surface area contributed by atoms with E-state index < -0.39 is 0 Å². The van der Waals surface area contributed by atoms with Gasteiger partial charge in [0.15, 0.2) is 0 Å². The predicted octanol–water partition coefficient (Wildman–Crippen LogP) is 0.921. The average molecular weight is 198 g/mol. The molecule has 0 spiro atoms. The molecule has 0 aliphatic carbocycles. The first-order valence-electron chi connectivity index (χ1n) is 5.32. The molecule has 0 bridgehead atoms. The second kappa shape index (κ2) is 3.77. The van der Waals surface area contributed by atoms with Gasteiger partial charge in [-0.1, -0.05) is 0 Å². The van der Waals surface area contributed by atoms with E-state index in [9.17, 15) is 4.79 Å². The van der Waals surface area contributed by atoms with Gasteiger partial charge in [0.05, 0.1) is 6.04 Å². The highest BCUT2D eigenvalue weighted by atomic mass is 16.6. The summed E-state index contributed by atoms with van der Waals surface area (Å²) in [7, 11) is 2.13. The lowest BCUT2D eigenvalue weighted by molar-refractivity contribution is 0.117. The molecular weight excluding hydrogens is 180 g/mol. The van der Waals surface area contributed by atoms with Crippen LogP contribution in [-0.2, 0) is 4.74 Å². The van der Waals surface area contributed by atoms with Gasteiger partial charge in [-0.2, -0.15) is 0 Å². The van der Waals surface area contributed by atoms with Crippen molar-refractivity contribution in [1.82, 2.24) is 9.80 Å². The maximum atomic E-state index is 11.5. The Balaban J connectivity index is 1.97. The summed E-state index contributed by atoms with van der Waals surface area (Å²) in [5.74, 6) is 0. The van der Waals surface area contributed by atoms with E-state index in [0.717, 1.165) is 25.9 Å². The van der Waals surface area contributed by atoms with Crippen LogP contribution in [0.2, 0.25) is 0 Å².